The van der Waals surface area contributed by atoms with Gasteiger partial charge in [0.1, 0.15) is 5.75 Å². The minimum Gasteiger partial charge on any atom is -0.493 e. The van der Waals surface area contributed by atoms with E-state index < -0.39 is 29.1 Å². The molecule has 6 rings (SSSR count). The van der Waals surface area contributed by atoms with E-state index in [0.29, 0.717) is 31.6 Å². The molecule has 2 fully saturated rings. The summed E-state index contributed by atoms with van der Waals surface area (Å²) < 4.78 is 34.9. The number of carboxylic acids is 1. The third-order valence-corrected chi connectivity index (χ3v) is 11.1. The Bertz CT molecular complexity index is 1900. The van der Waals surface area contributed by atoms with E-state index in [1.807, 2.05) is 0 Å². The summed E-state index contributed by atoms with van der Waals surface area (Å²) in [6.07, 6.45) is 3.39. The number of nitrogens with one attached hydrogen (secondary N) is 1. The number of piperazine rings is 1. The quantitative estimate of drug-likeness (QED) is 0.186. The number of amides is 2. The number of rotatable bonds is 14. The summed E-state index contributed by atoms with van der Waals surface area (Å²) in [6.45, 7) is 10.9. The maximum absolute atomic E-state index is 14.7. The summed E-state index contributed by atoms with van der Waals surface area (Å²) in [7, 11) is 0. The average molecular weight is 728 g/mol. The highest BCUT2D eigenvalue weighted by Gasteiger charge is 2.43. The molecule has 0 aromatic heterocycles. The Labute approximate surface area is 311 Å². The van der Waals surface area contributed by atoms with Crippen molar-refractivity contribution < 1.29 is 33.0 Å². The highest BCUT2D eigenvalue weighted by molar-refractivity contribution is 6.03. The fraction of sp³-hybridized carbons (Fsp3) is 0.465. The van der Waals surface area contributed by atoms with Crippen LogP contribution in [0.4, 0.5) is 8.78 Å². The Hall–Kier alpha value is -4.57. The van der Waals surface area contributed by atoms with Crippen molar-refractivity contribution in [2.24, 2.45) is 5.41 Å². The number of hydrogen-bond acceptors (Lipinski definition) is 5. The Morgan fingerprint density at radius 2 is 1.74 bits per heavy atom. The zero-order chi connectivity index (χ0) is 38.0. The number of carboxylic acid groups (broad SMARTS) is 1. The van der Waals surface area contributed by atoms with E-state index in [9.17, 15) is 28.3 Å². The summed E-state index contributed by atoms with van der Waals surface area (Å²) in [4.78, 5) is 43.5. The van der Waals surface area contributed by atoms with Gasteiger partial charge in [0.05, 0.1) is 18.1 Å². The van der Waals surface area contributed by atoms with Gasteiger partial charge in [0, 0.05) is 50.1 Å². The molecule has 3 aliphatic rings. The van der Waals surface area contributed by atoms with E-state index in [1.54, 1.807) is 29.7 Å². The second-order valence-electron chi connectivity index (χ2n) is 15.7. The van der Waals surface area contributed by atoms with Crippen LogP contribution in [0.2, 0.25) is 0 Å². The highest BCUT2D eigenvalue weighted by Crippen LogP contribution is 2.37. The molecule has 0 unspecified atom stereocenters. The van der Waals surface area contributed by atoms with E-state index in [0.717, 1.165) is 52.5 Å². The van der Waals surface area contributed by atoms with Crippen molar-refractivity contribution in [2.75, 3.05) is 26.2 Å². The van der Waals surface area contributed by atoms with Crippen molar-refractivity contribution in [1.82, 2.24) is 15.1 Å². The minimum absolute atomic E-state index is 0.00775. The molecule has 0 radical (unpaired) electrons. The zero-order valence-electron chi connectivity index (χ0n) is 31.4. The lowest BCUT2D eigenvalue weighted by molar-refractivity contribution is -0.148. The number of aliphatic carboxylic acids is 1. The number of fused-ring (bicyclic) bond motifs is 2. The molecule has 282 valence electrons. The summed E-state index contributed by atoms with van der Waals surface area (Å²) in [5, 5.41) is 13.2. The molecule has 3 aromatic rings. The van der Waals surface area contributed by atoms with Crippen molar-refractivity contribution in [3.8, 4) is 5.75 Å². The molecule has 1 saturated carbocycles. The molecule has 1 saturated heterocycles. The summed E-state index contributed by atoms with van der Waals surface area (Å²) in [5.74, 6) is -2.14. The minimum atomic E-state index is -1.03. The van der Waals surface area contributed by atoms with E-state index in [2.05, 4.69) is 62.5 Å². The first-order chi connectivity index (χ1) is 25.2. The zero-order valence-corrected chi connectivity index (χ0v) is 31.4. The number of benzene rings is 3. The molecular formula is C43H51F2N3O5. The van der Waals surface area contributed by atoms with Gasteiger partial charge in [-0.05, 0) is 118 Å². The molecule has 1 aliphatic carbocycles. The van der Waals surface area contributed by atoms with Gasteiger partial charge in [-0.3, -0.25) is 14.4 Å². The SMILES string of the molecule is Cc1cc(C)c(C)c(OCCc2ccc(C3=C(C(=O)N(CCc4cccc(F)c4F)C4CC4)[C@H]4CN(C(=O)CCC(C)(C)C(=O)O)C[C@@H](C3)N4)cc2)c1. The third kappa shape index (κ3) is 8.81. The molecule has 2 aliphatic heterocycles. The largest absolute Gasteiger partial charge is 0.493 e. The normalized spacial score (nSPS) is 18.6. The van der Waals surface area contributed by atoms with E-state index in [-0.39, 0.29) is 61.8 Å². The lowest BCUT2D eigenvalue weighted by Crippen LogP contribution is -2.62. The topological polar surface area (TPSA) is 99.2 Å². The van der Waals surface area contributed by atoms with Crippen molar-refractivity contribution in [1.29, 1.82) is 0 Å². The van der Waals surface area contributed by atoms with Crippen molar-refractivity contribution in [3.63, 3.8) is 0 Å². The number of halogens is 2. The van der Waals surface area contributed by atoms with Crippen molar-refractivity contribution in [2.45, 2.75) is 97.7 Å². The van der Waals surface area contributed by atoms with Crippen LogP contribution in [0.25, 0.3) is 5.57 Å². The number of aryl methyl sites for hydroxylation is 2. The Morgan fingerprint density at radius 3 is 2.43 bits per heavy atom. The van der Waals surface area contributed by atoms with Crippen molar-refractivity contribution >= 4 is 23.4 Å². The second-order valence-corrected chi connectivity index (χ2v) is 15.7. The molecule has 53 heavy (non-hydrogen) atoms. The van der Waals surface area contributed by atoms with Gasteiger partial charge in [-0.15, -0.1) is 0 Å². The van der Waals surface area contributed by atoms with Crippen LogP contribution in [0.15, 0.2) is 60.2 Å². The van der Waals surface area contributed by atoms with Gasteiger partial charge in [0.25, 0.3) is 5.91 Å². The molecule has 2 heterocycles. The first-order valence-corrected chi connectivity index (χ1v) is 18.8. The molecular weight excluding hydrogens is 676 g/mol. The smallest absolute Gasteiger partial charge is 0.309 e. The highest BCUT2D eigenvalue weighted by atomic mass is 19.2. The monoisotopic (exact) mass is 727 g/mol. The van der Waals surface area contributed by atoms with E-state index >= 15 is 0 Å². The van der Waals surface area contributed by atoms with Crippen LogP contribution in [-0.2, 0) is 27.2 Å². The Morgan fingerprint density at radius 1 is 1.00 bits per heavy atom. The summed E-state index contributed by atoms with van der Waals surface area (Å²) in [6, 6.07) is 16.1. The molecule has 2 N–H and O–H groups in total. The lowest BCUT2D eigenvalue weighted by Gasteiger charge is -2.45. The van der Waals surface area contributed by atoms with E-state index in [4.69, 9.17) is 4.74 Å². The van der Waals surface area contributed by atoms with Crippen LogP contribution in [0.3, 0.4) is 0 Å². The van der Waals surface area contributed by atoms with Crippen LogP contribution in [0, 0.1) is 37.8 Å². The fourth-order valence-corrected chi connectivity index (χ4v) is 7.53. The van der Waals surface area contributed by atoms with Gasteiger partial charge < -0.3 is 25.0 Å². The van der Waals surface area contributed by atoms with Crippen molar-refractivity contribution in [3.05, 3.63) is 105 Å². The lowest BCUT2D eigenvalue weighted by atomic mass is 9.82. The van der Waals surface area contributed by atoms with Crippen LogP contribution in [0.5, 0.6) is 5.75 Å². The summed E-state index contributed by atoms with van der Waals surface area (Å²) in [5.41, 5.74) is 6.26. The predicted molar refractivity (Wildman–Crippen MR) is 201 cm³/mol. The molecule has 0 spiro atoms. The number of carbonyl (C=O) groups is 3. The molecule has 8 nitrogen and oxygen atoms in total. The molecule has 10 heteroatoms. The van der Waals surface area contributed by atoms with Gasteiger partial charge in [-0.2, -0.15) is 0 Å². The number of nitrogens with zero attached hydrogens (tertiary/aromatic N) is 2. The Balaban J connectivity index is 1.25. The molecule has 2 atom stereocenters. The fourth-order valence-electron chi connectivity index (χ4n) is 7.53. The maximum atomic E-state index is 14.7. The number of ether oxygens (including phenoxy) is 1. The van der Waals surface area contributed by atoms with Gasteiger partial charge in [0.15, 0.2) is 11.6 Å². The predicted octanol–water partition coefficient (Wildman–Crippen LogP) is 6.96. The standard InChI is InChI=1S/C43H51F2N3O5/c1-26-21-27(2)28(3)37(22-26)53-20-17-29-9-11-30(12-10-29)34-23-32-24-47(38(49)15-18-43(4,5)42(51)52)25-36(46-32)39(34)41(50)48(33-13-14-33)19-16-31-7-6-8-35(44)40(31)45/h6-12,21-22,32-33,36,46H,13-20,23-25H2,1-5H3,(H,51,52)/t32-,36-/m1/s1. The summed E-state index contributed by atoms with van der Waals surface area (Å²) >= 11 is 0. The van der Waals surface area contributed by atoms with Crippen LogP contribution in [-0.4, -0.2) is 77.1 Å². The molecule has 3 aromatic carbocycles. The first-order valence-electron chi connectivity index (χ1n) is 18.8. The van der Waals surface area contributed by atoms with E-state index in [1.165, 1.54) is 11.6 Å². The van der Waals surface area contributed by atoms with Crippen LogP contribution < -0.4 is 10.1 Å². The maximum Gasteiger partial charge on any atom is 0.309 e. The third-order valence-electron chi connectivity index (χ3n) is 11.1. The number of hydrogen-bond donors (Lipinski definition) is 2. The first kappa shape index (κ1) is 38.2. The van der Waals surface area contributed by atoms with Crippen LogP contribution in [0.1, 0.15) is 79.3 Å². The van der Waals surface area contributed by atoms with Gasteiger partial charge >= 0.3 is 5.97 Å². The molecule has 2 bridgehead atoms. The number of carbonyl (C=O) groups excluding carboxylic acids is 2. The molecule has 2 amide bonds. The second kappa shape index (κ2) is 15.8. The van der Waals surface area contributed by atoms with Gasteiger partial charge in [0.2, 0.25) is 5.91 Å². The van der Waals surface area contributed by atoms with Gasteiger partial charge in [-0.1, -0.05) is 42.5 Å². The van der Waals surface area contributed by atoms with Crippen LogP contribution >= 0.6 is 0 Å². The average Bonchev–Trinajstić information content (AvgIpc) is 3.96. The Kier molecular flexibility index (Phi) is 11.4. The van der Waals surface area contributed by atoms with Gasteiger partial charge in [-0.25, -0.2) is 8.78 Å².